The summed E-state index contributed by atoms with van der Waals surface area (Å²) in [5.41, 5.74) is 1.19. The van der Waals surface area contributed by atoms with Crippen LogP contribution >= 0.6 is 11.6 Å². The van der Waals surface area contributed by atoms with E-state index in [9.17, 15) is 0 Å². The highest BCUT2D eigenvalue weighted by Gasteiger charge is 2.26. The first-order chi connectivity index (χ1) is 7.36. The molecule has 1 N–H and O–H groups in total. The van der Waals surface area contributed by atoms with E-state index < -0.39 is 0 Å². The Kier molecular flexibility index (Phi) is 2.45. The van der Waals surface area contributed by atoms with Crippen LogP contribution in [0.15, 0.2) is 0 Å². The first-order valence-corrected chi connectivity index (χ1v) is 6.19. The highest BCUT2D eigenvalue weighted by molar-refractivity contribution is 6.30. The number of rotatable bonds is 1. The molecule has 1 aliphatic heterocycles. The van der Waals surface area contributed by atoms with Crippen LogP contribution in [0.25, 0.3) is 0 Å². The van der Waals surface area contributed by atoms with Gasteiger partial charge in [0.1, 0.15) is 5.82 Å². The lowest BCUT2D eigenvalue weighted by molar-refractivity contribution is 0.483. The summed E-state index contributed by atoms with van der Waals surface area (Å²) in [6.45, 7) is 2.94. The average molecular weight is 226 g/mol. The zero-order valence-electron chi connectivity index (χ0n) is 8.80. The van der Waals surface area contributed by atoms with E-state index in [-0.39, 0.29) is 0 Å². The van der Waals surface area contributed by atoms with Crippen LogP contribution in [-0.4, -0.2) is 16.1 Å². The maximum atomic E-state index is 6.17. The minimum Gasteiger partial charge on any atom is -0.328 e. The van der Waals surface area contributed by atoms with Crippen molar-refractivity contribution in [2.45, 2.75) is 44.7 Å². The molecule has 82 valence electrons. The van der Waals surface area contributed by atoms with Crippen molar-refractivity contribution < 1.29 is 0 Å². The summed E-state index contributed by atoms with van der Waals surface area (Å²) < 4.78 is 2.34. The Morgan fingerprint density at radius 1 is 1.33 bits per heavy atom. The van der Waals surface area contributed by atoms with Crippen molar-refractivity contribution in [2.75, 3.05) is 6.54 Å². The predicted octanol–water partition coefficient (Wildman–Crippen LogP) is 2.30. The Morgan fingerprint density at radius 3 is 2.93 bits per heavy atom. The molecular formula is C11H16ClN3. The molecule has 4 heteroatoms. The van der Waals surface area contributed by atoms with Gasteiger partial charge in [-0.3, -0.25) is 0 Å². The standard InChI is InChI=1S/C11H16ClN3/c12-10-9-7-13-5-6-15(9)11(14-10)8-3-1-2-4-8/h8,13H,1-7H2. The minimum atomic E-state index is 0.661. The first-order valence-electron chi connectivity index (χ1n) is 5.82. The van der Waals surface area contributed by atoms with E-state index in [1.165, 1.54) is 37.2 Å². The van der Waals surface area contributed by atoms with E-state index in [2.05, 4.69) is 14.9 Å². The fourth-order valence-corrected chi connectivity index (χ4v) is 3.04. The monoisotopic (exact) mass is 225 g/mol. The summed E-state index contributed by atoms with van der Waals surface area (Å²) in [6.07, 6.45) is 5.28. The van der Waals surface area contributed by atoms with Gasteiger partial charge in [-0.25, -0.2) is 4.98 Å². The normalized spacial score (nSPS) is 21.9. The van der Waals surface area contributed by atoms with Crippen LogP contribution in [-0.2, 0) is 13.1 Å². The van der Waals surface area contributed by atoms with E-state index >= 15 is 0 Å². The molecule has 0 radical (unpaired) electrons. The lowest BCUT2D eigenvalue weighted by Gasteiger charge is -2.20. The number of imidazole rings is 1. The lowest BCUT2D eigenvalue weighted by atomic mass is 10.1. The molecule has 3 rings (SSSR count). The topological polar surface area (TPSA) is 29.9 Å². The molecule has 0 bridgehead atoms. The van der Waals surface area contributed by atoms with E-state index in [1.54, 1.807) is 0 Å². The van der Waals surface area contributed by atoms with Crippen LogP contribution < -0.4 is 5.32 Å². The number of halogens is 1. The Labute approximate surface area is 94.8 Å². The van der Waals surface area contributed by atoms with Crippen molar-refractivity contribution >= 4 is 11.6 Å². The van der Waals surface area contributed by atoms with Crippen molar-refractivity contribution in [1.29, 1.82) is 0 Å². The van der Waals surface area contributed by atoms with E-state index in [1.807, 2.05) is 0 Å². The molecule has 1 aromatic heterocycles. The summed E-state index contributed by atoms with van der Waals surface area (Å²) in [6, 6.07) is 0. The molecule has 0 saturated heterocycles. The van der Waals surface area contributed by atoms with Crippen LogP contribution in [0.1, 0.15) is 43.1 Å². The number of nitrogens with zero attached hydrogens (tertiary/aromatic N) is 2. The van der Waals surface area contributed by atoms with Gasteiger partial charge in [-0.15, -0.1) is 0 Å². The fraction of sp³-hybridized carbons (Fsp3) is 0.727. The van der Waals surface area contributed by atoms with Gasteiger partial charge in [0.25, 0.3) is 0 Å². The molecule has 15 heavy (non-hydrogen) atoms. The van der Waals surface area contributed by atoms with Gasteiger partial charge in [0, 0.05) is 25.6 Å². The number of nitrogens with one attached hydrogen (secondary N) is 1. The van der Waals surface area contributed by atoms with Crippen molar-refractivity contribution in [3.05, 3.63) is 16.7 Å². The minimum absolute atomic E-state index is 0.661. The van der Waals surface area contributed by atoms with Crippen molar-refractivity contribution in [2.24, 2.45) is 0 Å². The maximum Gasteiger partial charge on any atom is 0.151 e. The molecule has 1 aliphatic carbocycles. The molecule has 1 saturated carbocycles. The summed E-state index contributed by atoms with van der Waals surface area (Å²) in [5, 5.41) is 4.05. The third kappa shape index (κ3) is 1.58. The van der Waals surface area contributed by atoms with Gasteiger partial charge >= 0.3 is 0 Å². The van der Waals surface area contributed by atoms with Gasteiger partial charge in [0.15, 0.2) is 5.15 Å². The summed E-state index contributed by atoms with van der Waals surface area (Å²) in [5.74, 6) is 1.91. The first kappa shape index (κ1) is 9.67. The highest BCUT2D eigenvalue weighted by Crippen LogP contribution is 2.35. The van der Waals surface area contributed by atoms with Crippen LogP contribution in [0.4, 0.5) is 0 Å². The SMILES string of the molecule is Clc1nc(C2CCCC2)n2c1CNCC2. The molecule has 2 heterocycles. The van der Waals surface area contributed by atoms with Crippen LogP contribution in [0, 0.1) is 0 Å². The molecule has 0 amide bonds. The molecule has 0 aromatic carbocycles. The quantitative estimate of drug-likeness (QED) is 0.795. The van der Waals surface area contributed by atoms with Crippen molar-refractivity contribution in [3.63, 3.8) is 0 Å². The fourth-order valence-electron chi connectivity index (χ4n) is 2.79. The Morgan fingerprint density at radius 2 is 2.13 bits per heavy atom. The second-order valence-corrected chi connectivity index (χ2v) is 4.88. The maximum absolute atomic E-state index is 6.17. The number of fused-ring (bicyclic) bond motifs is 1. The average Bonchev–Trinajstić information content (AvgIpc) is 2.87. The van der Waals surface area contributed by atoms with Gasteiger partial charge in [0.05, 0.1) is 5.69 Å². The molecule has 1 aromatic rings. The van der Waals surface area contributed by atoms with Crippen LogP contribution in [0.3, 0.4) is 0 Å². The molecular weight excluding hydrogens is 210 g/mol. The molecule has 0 atom stereocenters. The highest BCUT2D eigenvalue weighted by atomic mass is 35.5. The molecule has 0 spiro atoms. The number of hydrogen-bond donors (Lipinski definition) is 1. The van der Waals surface area contributed by atoms with Gasteiger partial charge in [-0.1, -0.05) is 24.4 Å². The summed E-state index contributed by atoms with van der Waals surface area (Å²) in [4.78, 5) is 4.56. The van der Waals surface area contributed by atoms with E-state index in [4.69, 9.17) is 11.6 Å². The summed E-state index contributed by atoms with van der Waals surface area (Å²) >= 11 is 6.17. The molecule has 0 unspecified atom stereocenters. The molecule has 3 nitrogen and oxygen atoms in total. The van der Waals surface area contributed by atoms with Gasteiger partial charge < -0.3 is 9.88 Å². The number of aromatic nitrogens is 2. The Bertz CT molecular complexity index is 366. The smallest absolute Gasteiger partial charge is 0.151 e. The Balaban J connectivity index is 1.99. The third-order valence-corrected chi connectivity index (χ3v) is 3.88. The van der Waals surface area contributed by atoms with E-state index in [0.717, 1.165) is 19.6 Å². The zero-order valence-corrected chi connectivity index (χ0v) is 9.56. The molecule has 1 fully saturated rings. The van der Waals surface area contributed by atoms with Gasteiger partial charge in [-0.2, -0.15) is 0 Å². The van der Waals surface area contributed by atoms with Gasteiger partial charge in [0.2, 0.25) is 0 Å². The summed E-state index contributed by atoms with van der Waals surface area (Å²) in [7, 11) is 0. The second-order valence-electron chi connectivity index (χ2n) is 4.52. The lowest BCUT2D eigenvalue weighted by Crippen LogP contribution is -2.29. The largest absolute Gasteiger partial charge is 0.328 e. The zero-order chi connectivity index (χ0) is 10.3. The van der Waals surface area contributed by atoms with Crippen molar-refractivity contribution in [1.82, 2.24) is 14.9 Å². The second kappa shape index (κ2) is 3.80. The van der Waals surface area contributed by atoms with E-state index in [0.29, 0.717) is 11.1 Å². The molecule has 2 aliphatic rings. The predicted molar refractivity (Wildman–Crippen MR) is 60.2 cm³/mol. The number of hydrogen-bond acceptors (Lipinski definition) is 2. The Hall–Kier alpha value is -0.540. The van der Waals surface area contributed by atoms with Crippen LogP contribution in [0.2, 0.25) is 5.15 Å². The van der Waals surface area contributed by atoms with Crippen LogP contribution in [0.5, 0.6) is 0 Å². The van der Waals surface area contributed by atoms with Crippen molar-refractivity contribution in [3.8, 4) is 0 Å². The van der Waals surface area contributed by atoms with Gasteiger partial charge in [-0.05, 0) is 12.8 Å². The third-order valence-electron chi connectivity index (χ3n) is 3.58.